The molecule has 2 rings (SSSR count). The second kappa shape index (κ2) is 7.75. The van der Waals surface area contributed by atoms with Gasteiger partial charge >= 0.3 is 8.32 Å². The standard InChI is InChI=1S/C22H29NOSi/c1-19(17-18-23(5)6)24-25(22(2,3)4,20-13-9-7-10-14-20)21-15-11-8-12-16-21/h7-18H,1H2,2-6H3/b18-17+. The van der Waals surface area contributed by atoms with Gasteiger partial charge in [-0.15, -0.1) is 0 Å². The van der Waals surface area contributed by atoms with E-state index in [9.17, 15) is 0 Å². The van der Waals surface area contributed by atoms with E-state index in [1.54, 1.807) is 0 Å². The highest BCUT2D eigenvalue weighted by Crippen LogP contribution is 2.37. The fraction of sp³-hybridized carbons (Fsp3) is 0.273. The van der Waals surface area contributed by atoms with Gasteiger partial charge in [0.15, 0.2) is 0 Å². The van der Waals surface area contributed by atoms with Gasteiger partial charge in [0.25, 0.3) is 0 Å². The summed E-state index contributed by atoms with van der Waals surface area (Å²) in [6.45, 7) is 11.0. The predicted octanol–water partition coefficient (Wildman–Crippen LogP) is 4.15. The summed E-state index contributed by atoms with van der Waals surface area (Å²) in [5.41, 5.74) is 0. The number of hydrogen-bond donors (Lipinski definition) is 0. The molecule has 0 fully saturated rings. The maximum absolute atomic E-state index is 6.76. The van der Waals surface area contributed by atoms with Crippen LogP contribution in [0.4, 0.5) is 0 Å². The first kappa shape index (κ1) is 19.1. The molecule has 0 heterocycles. The lowest BCUT2D eigenvalue weighted by atomic mass is 10.2. The van der Waals surface area contributed by atoms with Crippen molar-refractivity contribution in [3.8, 4) is 0 Å². The average Bonchev–Trinajstić information content (AvgIpc) is 2.58. The Morgan fingerprint density at radius 3 is 1.72 bits per heavy atom. The molecule has 0 radical (unpaired) electrons. The van der Waals surface area contributed by atoms with E-state index >= 15 is 0 Å². The van der Waals surface area contributed by atoms with Crippen LogP contribution in [0.3, 0.4) is 0 Å². The minimum Gasteiger partial charge on any atom is -0.534 e. The minimum absolute atomic E-state index is 0.0510. The summed E-state index contributed by atoms with van der Waals surface area (Å²) in [5, 5.41) is 2.46. The van der Waals surface area contributed by atoms with Crippen LogP contribution in [0, 0.1) is 0 Å². The molecule has 132 valence electrons. The molecule has 0 saturated heterocycles. The van der Waals surface area contributed by atoms with Crippen molar-refractivity contribution in [3.05, 3.63) is 85.3 Å². The number of allylic oxidation sites excluding steroid dienone is 1. The van der Waals surface area contributed by atoms with E-state index in [0.717, 1.165) is 0 Å². The van der Waals surface area contributed by atoms with Crippen molar-refractivity contribution < 1.29 is 4.43 Å². The van der Waals surface area contributed by atoms with Crippen LogP contribution in [0.1, 0.15) is 20.8 Å². The molecule has 0 saturated carbocycles. The third-order valence-corrected chi connectivity index (χ3v) is 9.23. The lowest BCUT2D eigenvalue weighted by Crippen LogP contribution is -2.66. The molecule has 0 amide bonds. The van der Waals surface area contributed by atoms with Crippen molar-refractivity contribution in [2.45, 2.75) is 25.8 Å². The van der Waals surface area contributed by atoms with Crippen molar-refractivity contribution in [3.63, 3.8) is 0 Å². The highest BCUT2D eigenvalue weighted by Gasteiger charge is 2.52. The minimum atomic E-state index is -2.55. The molecule has 2 aromatic rings. The van der Waals surface area contributed by atoms with Crippen molar-refractivity contribution in [2.24, 2.45) is 0 Å². The average molecular weight is 352 g/mol. The van der Waals surface area contributed by atoms with Crippen LogP contribution >= 0.6 is 0 Å². The number of rotatable bonds is 6. The Kier molecular flexibility index (Phi) is 5.91. The summed E-state index contributed by atoms with van der Waals surface area (Å²) in [6, 6.07) is 21.2. The molecule has 2 aromatic carbocycles. The lowest BCUT2D eigenvalue weighted by Gasteiger charge is -2.43. The van der Waals surface area contributed by atoms with Gasteiger partial charge < -0.3 is 9.33 Å². The summed E-state index contributed by atoms with van der Waals surface area (Å²) in [6.07, 6.45) is 3.92. The summed E-state index contributed by atoms with van der Waals surface area (Å²) in [7, 11) is 1.43. The Morgan fingerprint density at radius 2 is 1.36 bits per heavy atom. The Morgan fingerprint density at radius 1 is 0.920 bits per heavy atom. The normalized spacial score (nSPS) is 12.2. The van der Waals surface area contributed by atoms with Crippen LogP contribution in [-0.4, -0.2) is 27.3 Å². The van der Waals surface area contributed by atoms with Crippen LogP contribution in [0.2, 0.25) is 5.04 Å². The second-order valence-corrected chi connectivity index (χ2v) is 11.7. The van der Waals surface area contributed by atoms with Gasteiger partial charge in [-0.1, -0.05) is 88.0 Å². The molecular weight excluding hydrogens is 322 g/mol. The van der Waals surface area contributed by atoms with Crippen LogP contribution in [0.15, 0.2) is 85.3 Å². The highest BCUT2D eigenvalue weighted by molar-refractivity contribution is 6.99. The number of benzene rings is 2. The monoisotopic (exact) mass is 351 g/mol. The molecule has 0 unspecified atom stereocenters. The number of hydrogen-bond acceptors (Lipinski definition) is 2. The molecule has 3 heteroatoms. The molecule has 25 heavy (non-hydrogen) atoms. The summed E-state index contributed by atoms with van der Waals surface area (Å²) in [5.74, 6) is 0.697. The first-order chi connectivity index (χ1) is 11.8. The third kappa shape index (κ3) is 4.23. The van der Waals surface area contributed by atoms with E-state index in [0.29, 0.717) is 5.76 Å². The zero-order chi connectivity index (χ0) is 18.5. The quantitative estimate of drug-likeness (QED) is 0.440. The van der Waals surface area contributed by atoms with Gasteiger partial charge in [0.05, 0.1) is 5.76 Å². The molecular formula is C22H29NOSi. The fourth-order valence-corrected chi connectivity index (χ4v) is 7.50. The second-order valence-electron chi connectivity index (χ2n) is 7.51. The molecule has 0 aromatic heterocycles. The molecule has 0 N–H and O–H groups in total. The van der Waals surface area contributed by atoms with Gasteiger partial charge in [0, 0.05) is 20.3 Å². The number of nitrogens with zero attached hydrogens (tertiary/aromatic N) is 1. The first-order valence-corrected chi connectivity index (χ1v) is 10.5. The first-order valence-electron chi connectivity index (χ1n) is 8.61. The molecule has 0 aliphatic carbocycles. The molecule has 0 bridgehead atoms. The van der Waals surface area contributed by atoms with Crippen LogP contribution in [0.25, 0.3) is 0 Å². The molecule has 2 nitrogen and oxygen atoms in total. The van der Waals surface area contributed by atoms with E-state index in [2.05, 4.69) is 88.0 Å². The van der Waals surface area contributed by atoms with Gasteiger partial charge in [-0.3, -0.25) is 0 Å². The summed E-state index contributed by atoms with van der Waals surface area (Å²) < 4.78 is 6.76. The molecule has 0 aliphatic heterocycles. The van der Waals surface area contributed by atoms with Gasteiger partial charge in [-0.2, -0.15) is 0 Å². The van der Waals surface area contributed by atoms with Gasteiger partial charge in [-0.25, -0.2) is 0 Å². The lowest BCUT2D eigenvalue weighted by molar-refractivity contribution is 0.413. The molecule has 0 spiro atoms. The topological polar surface area (TPSA) is 12.5 Å². The van der Waals surface area contributed by atoms with Gasteiger partial charge in [-0.05, 0) is 21.5 Å². The maximum Gasteiger partial charge on any atom is 0.319 e. The fourth-order valence-electron chi connectivity index (χ4n) is 3.11. The molecule has 0 atom stereocenters. The maximum atomic E-state index is 6.76. The van der Waals surface area contributed by atoms with E-state index in [1.807, 2.05) is 31.3 Å². The van der Waals surface area contributed by atoms with Gasteiger partial charge in [0.2, 0.25) is 0 Å². The zero-order valence-corrected chi connectivity index (χ0v) is 17.0. The van der Waals surface area contributed by atoms with Crippen molar-refractivity contribution in [2.75, 3.05) is 14.1 Å². The zero-order valence-electron chi connectivity index (χ0n) is 16.0. The van der Waals surface area contributed by atoms with Crippen LogP contribution in [0.5, 0.6) is 0 Å². The van der Waals surface area contributed by atoms with E-state index in [-0.39, 0.29) is 5.04 Å². The van der Waals surface area contributed by atoms with Crippen molar-refractivity contribution in [1.82, 2.24) is 4.90 Å². The van der Waals surface area contributed by atoms with E-state index in [4.69, 9.17) is 4.43 Å². The van der Waals surface area contributed by atoms with Gasteiger partial charge in [0.1, 0.15) is 0 Å². The highest BCUT2D eigenvalue weighted by atomic mass is 28.4. The van der Waals surface area contributed by atoms with E-state index < -0.39 is 8.32 Å². The van der Waals surface area contributed by atoms with E-state index in [1.165, 1.54) is 10.4 Å². The Labute approximate surface area is 153 Å². The SMILES string of the molecule is C=C(/C=C/N(C)C)O[Si](c1ccccc1)(c1ccccc1)C(C)(C)C. The van der Waals surface area contributed by atoms with Crippen molar-refractivity contribution in [1.29, 1.82) is 0 Å². The smallest absolute Gasteiger partial charge is 0.319 e. The predicted molar refractivity (Wildman–Crippen MR) is 111 cm³/mol. The summed E-state index contributed by atoms with van der Waals surface area (Å²) in [4.78, 5) is 1.99. The van der Waals surface area contributed by atoms with Crippen LogP contribution in [-0.2, 0) is 4.43 Å². The Balaban J connectivity index is 2.63. The Hall–Kier alpha value is -2.26. The third-order valence-electron chi connectivity index (χ3n) is 4.26. The largest absolute Gasteiger partial charge is 0.534 e. The van der Waals surface area contributed by atoms with Crippen LogP contribution < -0.4 is 10.4 Å². The molecule has 0 aliphatic rings. The Bertz CT molecular complexity index is 675. The van der Waals surface area contributed by atoms with Crippen molar-refractivity contribution >= 4 is 18.7 Å². The summed E-state index contributed by atoms with van der Waals surface area (Å²) >= 11 is 0.